The van der Waals surface area contributed by atoms with Gasteiger partial charge in [0.1, 0.15) is 0 Å². The minimum atomic E-state index is -0.124. The molecule has 0 N–H and O–H groups in total. The summed E-state index contributed by atoms with van der Waals surface area (Å²) in [6.07, 6.45) is 0.935. The molecule has 0 spiro atoms. The predicted molar refractivity (Wildman–Crippen MR) is 63.8 cm³/mol. The number of fused-ring (bicyclic) bond motifs is 1. The van der Waals surface area contributed by atoms with Gasteiger partial charge in [0, 0.05) is 0 Å². The minimum Gasteiger partial charge on any atom is -0.372 e. The third-order valence-corrected chi connectivity index (χ3v) is 3.06. The molecule has 0 saturated heterocycles. The Kier molecular flexibility index (Phi) is 3.58. The van der Waals surface area contributed by atoms with E-state index < -0.39 is 0 Å². The maximum atomic E-state index is 11.8. The summed E-state index contributed by atoms with van der Waals surface area (Å²) in [7, 11) is 0. The first kappa shape index (κ1) is 11.2. The summed E-state index contributed by atoms with van der Waals surface area (Å²) in [6.45, 7) is 2.77. The van der Waals surface area contributed by atoms with Crippen molar-refractivity contribution in [3.05, 3.63) is 34.6 Å². The van der Waals surface area contributed by atoms with Crippen molar-refractivity contribution < 1.29 is 9.57 Å². The SMILES string of the molecule is CCCOCOn1sc2ccccc2c1=O. The van der Waals surface area contributed by atoms with Gasteiger partial charge in [-0.3, -0.25) is 4.79 Å². The van der Waals surface area contributed by atoms with E-state index in [0.717, 1.165) is 11.1 Å². The average molecular weight is 239 g/mol. The van der Waals surface area contributed by atoms with Crippen LogP contribution in [0.5, 0.6) is 0 Å². The van der Waals surface area contributed by atoms with Gasteiger partial charge in [-0.2, -0.15) is 0 Å². The quantitative estimate of drug-likeness (QED) is 0.591. The Morgan fingerprint density at radius 1 is 1.38 bits per heavy atom. The minimum absolute atomic E-state index is 0.112. The van der Waals surface area contributed by atoms with Crippen molar-refractivity contribution in [2.45, 2.75) is 13.3 Å². The molecule has 16 heavy (non-hydrogen) atoms. The molecule has 0 unspecified atom stereocenters. The van der Waals surface area contributed by atoms with Crippen LogP contribution in [0.15, 0.2) is 29.1 Å². The molecule has 0 fully saturated rings. The predicted octanol–water partition coefficient (Wildman–Crippen LogP) is 1.88. The number of ether oxygens (including phenoxy) is 1. The highest BCUT2D eigenvalue weighted by Gasteiger charge is 2.06. The molecule has 1 aromatic carbocycles. The van der Waals surface area contributed by atoms with Crippen molar-refractivity contribution in [3.63, 3.8) is 0 Å². The van der Waals surface area contributed by atoms with Gasteiger partial charge in [-0.1, -0.05) is 23.2 Å². The molecule has 0 bridgehead atoms. The normalized spacial score (nSPS) is 10.8. The Balaban J connectivity index is 2.13. The molecule has 86 valence electrons. The Morgan fingerprint density at radius 2 is 2.19 bits per heavy atom. The third-order valence-electron chi connectivity index (χ3n) is 2.07. The number of nitrogens with zero attached hydrogens (tertiary/aromatic N) is 1. The van der Waals surface area contributed by atoms with Crippen LogP contribution in [0.25, 0.3) is 10.1 Å². The summed E-state index contributed by atoms with van der Waals surface area (Å²) in [6, 6.07) is 7.43. The van der Waals surface area contributed by atoms with Crippen LogP contribution in [0.2, 0.25) is 0 Å². The topological polar surface area (TPSA) is 40.5 Å². The Bertz CT molecular complexity index is 517. The molecular formula is C11H13NO3S. The van der Waals surface area contributed by atoms with Crippen molar-refractivity contribution in [1.82, 2.24) is 4.12 Å². The lowest BCUT2D eigenvalue weighted by atomic mass is 10.3. The molecule has 0 amide bonds. The van der Waals surface area contributed by atoms with Gasteiger partial charge in [-0.25, -0.2) is 0 Å². The van der Waals surface area contributed by atoms with E-state index in [4.69, 9.17) is 9.57 Å². The van der Waals surface area contributed by atoms with Crippen LogP contribution >= 0.6 is 11.5 Å². The molecule has 0 saturated carbocycles. The highest BCUT2D eigenvalue weighted by atomic mass is 32.1. The molecule has 0 radical (unpaired) electrons. The van der Waals surface area contributed by atoms with E-state index in [2.05, 4.69) is 0 Å². The lowest BCUT2D eigenvalue weighted by Gasteiger charge is -2.03. The zero-order valence-corrected chi connectivity index (χ0v) is 9.83. The first-order valence-electron chi connectivity index (χ1n) is 5.15. The number of rotatable bonds is 5. The smallest absolute Gasteiger partial charge is 0.302 e. The molecule has 5 heteroatoms. The van der Waals surface area contributed by atoms with Crippen LogP contribution in [0.4, 0.5) is 0 Å². The van der Waals surface area contributed by atoms with Gasteiger partial charge in [0.15, 0.2) is 0 Å². The van der Waals surface area contributed by atoms with E-state index in [1.807, 2.05) is 25.1 Å². The molecule has 2 rings (SSSR count). The standard InChI is InChI=1S/C11H13NO3S/c1-2-7-14-8-15-12-11(13)9-5-3-4-6-10(9)16-12/h3-6H,2,7-8H2,1H3. The van der Waals surface area contributed by atoms with Crippen LogP contribution in [0.3, 0.4) is 0 Å². The lowest BCUT2D eigenvalue weighted by Crippen LogP contribution is -2.23. The first-order valence-corrected chi connectivity index (χ1v) is 5.92. The third kappa shape index (κ3) is 2.25. The van der Waals surface area contributed by atoms with Crippen LogP contribution in [-0.4, -0.2) is 17.5 Å². The van der Waals surface area contributed by atoms with Gasteiger partial charge >= 0.3 is 5.56 Å². The van der Waals surface area contributed by atoms with Gasteiger partial charge in [0.25, 0.3) is 0 Å². The number of hydrogen-bond acceptors (Lipinski definition) is 4. The molecule has 1 aromatic heterocycles. The van der Waals surface area contributed by atoms with Crippen molar-refractivity contribution in [1.29, 1.82) is 0 Å². The number of hydrogen-bond donors (Lipinski definition) is 0. The highest BCUT2D eigenvalue weighted by Crippen LogP contribution is 2.14. The van der Waals surface area contributed by atoms with E-state index in [-0.39, 0.29) is 12.4 Å². The van der Waals surface area contributed by atoms with E-state index >= 15 is 0 Å². The average Bonchev–Trinajstić information content (AvgIpc) is 2.63. The molecule has 1 heterocycles. The highest BCUT2D eigenvalue weighted by molar-refractivity contribution is 7.13. The summed E-state index contributed by atoms with van der Waals surface area (Å²) in [5.41, 5.74) is -0.124. The monoisotopic (exact) mass is 239 g/mol. The van der Waals surface area contributed by atoms with Gasteiger partial charge in [0.2, 0.25) is 6.79 Å². The van der Waals surface area contributed by atoms with E-state index in [0.29, 0.717) is 12.0 Å². The van der Waals surface area contributed by atoms with Crippen molar-refractivity contribution >= 4 is 21.6 Å². The maximum Gasteiger partial charge on any atom is 0.302 e. The molecular weight excluding hydrogens is 226 g/mol. The van der Waals surface area contributed by atoms with E-state index in [1.54, 1.807) is 6.07 Å². The van der Waals surface area contributed by atoms with Gasteiger partial charge in [-0.05, 0) is 30.1 Å². The second-order valence-corrected chi connectivity index (χ2v) is 4.26. The van der Waals surface area contributed by atoms with Gasteiger partial charge in [-0.15, -0.1) is 0 Å². The molecule has 0 aliphatic carbocycles. The zero-order chi connectivity index (χ0) is 11.4. The number of benzene rings is 1. The van der Waals surface area contributed by atoms with Gasteiger partial charge in [0.05, 0.1) is 16.7 Å². The van der Waals surface area contributed by atoms with E-state index in [9.17, 15) is 4.79 Å². The molecule has 4 nitrogen and oxygen atoms in total. The largest absolute Gasteiger partial charge is 0.372 e. The van der Waals surface area contributed by atoms with Crippen molar-refractivity contribution in [2.24, 2.45) is 0 Å². The summed E-state index contributed by atoms with van der Waals surface area (Å²) < 4.78 is 7.35. The summed E-state index contributed by atoms with van der Waals surface area (Å²) >= 11 is 1.28. The van der Waals surface area contributed by atoms with Crippen molar-refractivity contribution in [3.8, 4) is 0 Å². The van der Waals surface area contributed by atoms with Crippen LogP contribution < -0.4 is 10.4 Å². The second kappa shape index (κ2) is 5.14. The van der Waals surface area contributed by atoms with Crippen LogP contribution in [-0.2, 0) is 4.74 Å². The second-order valence-electron chi connectivity index (χ2n) is 3.30. The number of aromatic nitrogens is 1. The van der Waals surface area contributed by atoms with Crippen LogP contribution in [0.1, 0.15) is 13.3 Å². The summed E-state index contributed by atoms with van der Waals surface area (Å²) in [5.74, 6) is 0. The Labute approximate surface area is 97.1 Å². The summed E-state index contributed by atoms with van der Waals surface area (Å²) in [5, 5.41) is 0.683. The Morgan fingerprint density at radius 3 is 2.94 bits per heavy atom. The van der Waals surface area contributed by atoms with Crippen LogP contribution in [0, 0.1) is 0 Å². The molecule has 0 atom stereocenters. The fourth-order valence-corrected chi connectivity index (χ4v) is 2.17. The first-order chi connectivity index (χ1) is 7.83. The lowest BCUT2D eigenvalue weighted by molar-refractivity contribution is -0.0519. The Hall–Kier alpha value is -1.33. The molecule has 2 aromatic rings. The van der Waals surface area contributed by atoms with E-state index in [1.165, 1.54) is 15.7 Å². The molecule has 0 aliphatic heterocycles. The summed E-state index contributed by atoms with van der Waals surface area (Å²) in [4.78, 5) is 17.0. The molecule has 0 aliphatic rings. The van der Waals surface area contributed by atoms with Gasteiger partial charge < -0.3 is 9.57 Å². The van der Waals surface area contributed by atoms with Crippen molar-refractivity contribution in [2.75, 3.05) is 13.4 Å². The zero-order valence-electron chi connectivity index (χ0n) is 9.01. The maximum absolute atomic E-state index is 11.8. The fraction of sp³-hybridized carbons (Fsp3) is 0.364. The fourth-order valence-electron chi connectivity index (χ4n) is 1.33.